The number of aromatic nitrogens is 4. The first-order valence-corrected chi connectivity index (χ1v) is 19.6. The molecular weight excluding hydrogens is 705 g/mol. The number of nitrogens with zero attached hydrogens (tertiary/aromatic N) is 4. The highest BCUT2D eigenvalue weighted by Crippen LogP contribution is 2.43. The molecule has 0 aliphatic carbocycles. The molecule has 0 atom stereocenters. The van der Waals surface area contributed by atoms with E-state index >= 15 is 0 Å². The van der Waals surface area contributed by atoms with Crippen molar-refractivity contribution in [2.24, 2.45) is 0 Å². The lowest BCUT2D eigenvalue weighted by atomic mass is 9.88. The number of pyridine rings is 1. The van der Waals surface area contributed by atoms with E-state index in [1.165, 1.54) is 21.5 Å². The van der Waals surface area contributed by atoms with Crippen LogP contribution in [0.1, 0.15) is 0 Å². The molecule has 4 nitrogen and oxygen atoms in total. The summed E-state index contributed by atoms with van der Waals surface area (Å²) in [7, 11) is 0. The van der Waals surface area contributed by atoms with Gasteiger partial charge in [0.15, 0.2) is 17.5 Å². The van der Waals surface area contributed by atoms with Gasteiger partial charge in [0.25, 0.3) is 0 Å². The number of benzene rings is 9. The average molecular weight is 739 g/mol. The molecule has 2 aromatic heterocycles. The molecule has 0 aliphatic rings. The molecule has 0 spiro atoms. The van der Waals surface area contributed by atoms with Crippen LogP contribution in [-0.2, 0) is 0 Å². The number of hydrogen-bond donors (Lipinski definition) is 0. The van der Waals surface area contributed by atoms with E-state index in [4.69, 9.17) is 19.9 Å². The van der Waals surface area contributed by atoms with Gasteiger partial charge in [-0.25, -0.2) is 19.9 Å². The number of fused-ring (bicyclic) bond motifs is 6. The monoisotopic (exact) mass is 738 g/mol. The summed E-state index contributed by atoms with van der Waals surface area (Å²) < 4.78 is 0. The minimum atomic E-state index is 0.610. The van der Waals surface area contributed by atoms with E-state index in [9.17, 15) is 0 Å². The van der Waals surface area contributed by atoms with Crippen LogP contribution < -0.4 is 0 Å². The molecular formula is C54H34N4. The highest BCUT2D eigenvalue weighted by molar-refractivity contribution is 6.25. The summed E-state index contributed by atoms with van der Waals surface area (Å²) in [5, 5.41) is 8.18. The Morgan fingerprint density at radius 1 is 0.259 bits per heavy atom. The van der Waals surface area contributed by atoms with E-state index in [1.54, 1.807) is 0 Å². The first-order valence-electron chi connectivity index (χ1n) is 19.6. The predicted octanol–water partition coefficient (Wildman–Crippen LogP) is 13.9. The molecule has 0 radical (unpaired) electrons. The van der Waals surface area contributed by atoms with Crippen LogP contribution in [0.2, 0.25) is 0 Å². The van der Waals surface area contributed by atoms with Gasteiger partial charge in [0.1, 0.15) is 0 Å². The van der Waals surface area contributed by atoms with Crippen molar-refractivity contribution in [1.82, 2.24) is 19.9 Å². The molecule has 9 aromatic carbocycles. The second-order valence-corrected chi connectivity index (χ2v) is 14.6. The van der Waals surface area contributed by atoms with E-state index in [2.05, 4.69) is 146 Å². The van der Waals surface area contributed by atoms with Gasteiger partial charge in [-0.1, -0.05) is 170 Å². The zero-order valence-electron chi connectivity index (χ0n) is 31.4. The van der Waals surface area contributed by atoms with Crippen LogP contribution in [0.15, 0.2) is 206 Å². The Kier molecular flexibility index (Phi) is 8.11. The van der Waals surface area contributed by atoms with Crippen molar-refractivity contribution in [1.29, 1.82) is 0 Å². The maximum atomic E-state index is 5.32. The van der Waals surface area contributed by atoms with Gasteiger partial charge in [0.05, 0.1) is 11.2 Å². The molecule has 0 amide bonds. The Bertz CT molecular complexity index is 3270. The molecule has 0 saturated heterocycles. The highest BCUT2D eigenvalue weighted by Gasteiger charge is 2.19. The quantitative estimate of drug-likeness (QED) is 0.159. The minimum Gasteiger partial charge on any atom is -0.247 e. The van der Waals surface area contributed by atoms with Crippen LogP contribution in [0.3, 0.4) is 0 Å². The van der Waals surface area contributed by atoms with Gasteiger partial charge < -0.3 is 0 Å². The molecule has 11 aromatic rings. The zero-order chi connectivity index (χ0) is 38.4. The average Bonchev–Trinajstić information content (AvgIpc) is 3.31. The molecule has 0 bridgehead atoms. The standard InChI is InChI=1S/C54H34N4/c1-4-17-36(18-5-1)51-48-34-47(44-24-12-13-25-45(44)50(48)46-26-14-15-27-49(46)55-51)42-31-41(40-29-28-35-16-10-11-23-39(35)30-40)32-43(33-42)54-57-52(37-19-6-2-7-20-37)56-53(58-54)38-21-8-3-9-22-38/h1-34H. The first kappa shape index (κ1) is 33.5. The topological polar surface area (TPSA) is 51.6 Å². The molecule has 0 N–H and O–H groups in total. The summed E-state index contributed by atoms with van der Waals surface area (Å²) in [6.45, 7) is 0. The van der Waals surface area contributed by atoms with Crippen LogP contribution in [0.25, 0.3) is 111 Å². The van der Waals surface area contributed by atoms with E-state index in [0.29, 0.717) is 17.5 Å². The van der Waals surface area contributed by atoms with Crippen molar-refractivity contribution < 1.29 is 0 Å². The largest absolute Gasteiger partial charge is 0.247 e. The Morgan fingerprint density at radius 2 is 0.776 bits per heavy atom. The molecule has 0 saturated carbocycles. The van der Waals surface area contributed by atoms with Crippen molar-refractivity contribution in [3.63, 3.8) is 0 Å². The fourth-order valence-corrected chi connectivity index (χ4v) is 8.26. The third-order valence-corrected chi connectivity index (χ3v) is 11.0. The van der Waals surface area contributed by atoms with E-state index in [0.717, 1.165) is 71.9 Å². The van der Waals surface area contributed by atoms with Gasteiger partial charge in [0, 0.05) is 38.4 Å². The molecule has 4 heteroatoms. The Morgan fingerprint density at radius 3 is 1.47 bits per heavy atom. The number of rotatable bonds is 6. The van der Waals surface area contributed by atoms with Gasteiger partial charge in [-0.2, -0.15) is 0 Å². The van der Waals surface area contributed by atoms with E-state index in [-0.39, 0.29) is 0 Å². The van der Waals surface area contributed by atoms with Gasteiger partial charge in [0.2, 0.25) is 0 Å². The van der Waals surface area contributed by atoms with Crippen molar-refractivity contribution in [2.75, 3.05) is 0 Å². The summed E-state index contributed by atoms with van der Waals surface area (Å²) in [4.78, 5) is 20.7. The van der Waals surface area contributed by atoms with Crippen molar-refractivity contribution >= 4 is 43.2 Å². The maximum Gasteiger partial charge on any atom is 0.164 e. The molecule has 11 rings (SSSR count). The van der Waals surface area contributed by atoms with Gasteiger partial charge in [-0.05, 0) is 80.2 Å². The molecule has 2 heterocycles. The second-order valence-electron chi connectivity index (χ2n) is 14.6. The summed E-state index contributed by atoms with van der Waals surface area (Å²) in [5.41, 5.74) is 10.2. The summed E-state index contributed by atoms with van der Waals surface area (Å²) in [6.07, 6.45) is 0. The number of para-hydroxylation sites is 1. The third-order valence-electron chi connectivity index (χ3n) is 11.0. The fourth-order valence-electron chi connectivity index (χ4n) is 8.26. The molecule has 270 valence electrons. The van der Waals surface area contributed by atoms with Gasteiger partial charge >= 0.3 is 0 Å². The van der Waals surface area contributed by atoms with Crippen LogP contribution in [0.5, 0.6) is 0 Å². The van der Waals surface area contributed by atoms with Crippen LogP contribution in [0.4, 0.5) is 0 Å². The van der Waals surface area contributed by atoms with Gasteiger partial charge in [-0.15, -0.1) is 0 Å². The Hall–Kier alpha value is -7.82. The first-order chi connectivity index (χ1) is 28.7. The summed E-state index contributed by atoms with van der Waals surface area (Å²) >= 11 is 0. The normalized spacial score (nSPS) is 11.4. The maximum absolute atomic E-state index is 5.32. The zero-order valence-corrected chi connectivity index (χ0v) is 31.4. The lowest BCUT2D eigenvalue weighted by molar-refractivity contribution is 1.07. The van der Waals surface area contributed by atoms with Crippen LogP contribution in [-0.4, -0.2) is 19.9 Å². The van der Waals surface area contributed by atoms with Crippen molar-refractivity contribution in [2.45, 2.75) is 0 Å². The minimum absolute atomic E-state index is 0.610. The van der Waals surface area contributed by atoms with E-state index < -0.39 is 0 Å². The summed E-state index contributed by atoms with van der Waals surface area (Å²) in [6, 6.07) is 72.4. The number of hydrogen-bond acceptors (Lipinski definition) is 4. The molecule has 0 fully saturated rings. The molecule has 58 heavy (non-hydrogen) atoms. The summed E-state index contributed by atoms with van der Waals surface area (Å²) in [5.74, 6) is 1.87. The van der Waals surface area contributed by atoms with Gasteiger partial charge in [-0.3, -0.25) is 0 Å². The van der Waals surface area contributed by atoms with Crippen LogP contribution >= 0.6 is 0 Å². The fraction of sp³-hybridized carbons (Fsp3) is 0. The van der Waals surface area contributed by atoms with Crippen molar-refractivity contribution in [3.05, 3.63) is 206 Å². The highest BCUT2D eigenvalue weighted by atomic mass is 15.0. The van der Waals surface area contributed by atoms with Crippen LogP contribution in [0, 0.1) is 0 Å². The lowest BCUT2D eigenvalue weighted by Crippen LogP contribution is -2.00. The third kappa shape index (κ3) is 5.96. The Balaban J connectivity index is 1.22. The van der Waals surface area contributed by atoms with E-state index in [1.807, 2.05) is 60.7 Å². The molecule has 0 aliphatic heterocycles. The molecule has 0 unspecified atom stereocenters. The smallest absolute Gasteiger partial charge is 0.164 e. The Labute approximate surface area is 335 Å². The lowest BCUT2D eigenvalue weighted by Gasteiger charge is -2.17. The SMILES string of the molecule is c1ccc(-c2nc(-c3ccccc3)nc(-c3cc(-c4ccc5ccccc5c4)cc(-c4cc5c(-c6ccccc6)nc6ccccc6c5c5ccccc45)c3)n2)cc1. The predicted molar refractivity (Wildman–Crippen MR) is 240 cm³/mol. The van der Waals surface area contributed by atoms with Crippen molar-refractivity contribution in [3.8, 4) is 67.7 Å². The second kappa shape index (κ2) is 14.0.